The Hall–Kier alpha value is -3.88. The van der Waals surface area contributed by atoms with Gasteiger partial charge in [-0.25, -0.2) is 13.6 Å². The average Bonchev–Trinajstić information content (AvgIpc) is 3.48. The molecule has 314 valence electrons. The normalized spacial score (nSPS) is 38.4. The van der Waals surface area contributed by atoms with Crippen molar-refractivity contribution < 1.29 is 33.3 Å². The molecule has 0 aromatic heterocycles. The minimum atomic E-state index is -1.32. The van der Waals surface area contributed by atoms with E-state index < -0.39 is 45.7 Å². The van der Waals surface area contributed by atoms with Crippen molar-refractivity contribution in [2.24, 2.45) is 51.2 Å². The molecule has 11 atom stereocenters. The lowest BCUT2D eigenvalue weighted by Gasteiger charge is -2.71. The van der Waals surface area contributed by atoms with Gasteiger partial charge in [-0.2, -0.15) is 0 Å². The summed E-state index contributed by atoms with van der Waals surface area (Å²) in [5.74, 6) is -1.48. The summed E-state index contributed by atoms with van der Waals surface area (Å²) in [5, 5.41) is 26.6. The maximum absolute atomic E-state index is 14.9. The minimum absolute atomic E-state index is 0.0279. The number of rotatable bonds is 8. The van der Waals surface area contributed by atoms with Crippen molar-refractivity contribution in [2.75, 3.05) is 6.54 Å². The van der Waals surface area contributed by atoms with Crippen molar-refractivity contribution >= 4 is 22.6 Å². The fourth-order valence-corrected chi connectivity index (χ4v) is 14.0. The second kappa shape index (κ2) is 14.4. The van der Waals surface area contributed by atoms with Gasteiger partial charge in [0, 0.05) is 33.9 Å². The first kappa shape index (κ1) is 40.5. The van der Waals surface area contributed by atoms with Crippen LogP contribution in [0.15, 0.2) is 84.5 Å². The van der Waals surface area contributed by atoms with Gasteiger partial charge in [0.15, 0.2) is 17.4 Å². The van der Waals surface area contributed by atoms with Crippen LogP contribution in [0.5, 0.6) is 0 Å². The quantitative estimate of drug-likeness (QED) is 0.175. The third-order valence-corrected chi connectivity index (χ3v) is 17.3. The third kappa shape index (κ3) is 6.11. The van der Waals surface area contributed by atoms with Gasteiger partial charge in [-0.15, -0.1) is 0 Å². The summed E-state index contributed by atoms with van der Waals surface area (Å²) in [6, 6.07) is 17.7. The van der Waals surface area contributed by atoms with Crippen molar-refractivity contribution in [1.82, 2.24) is 4.90 Å². The predicted molar refractivity (Wildman–Crippen MR) is 225 cm³/mol. The SMILES string of the molecule is CC(C)[C@H]1CC[C@H](C)C[C@@H]1OC(=O)N(Cc1cccc2ccccc12)C[C@]1(O)CC[C@H]2[C@]34C=C[C@@]5(C=C3C(=O)c3ccc(F)c(F)c3)CC(O)CC[C@]5(C)[C@H]4CC[C@@]21C. The van der Waals surface area contributed by atoms with Crippen molar-refractivity contribution in [1.29, 1.82) is 0 Å². The topological polar surface area (TPSA) is 87.1 Å². The Morgan fingerprint density at radius 2 is 1.61 bits per heavy atom. The highest BCUT2D eigenvalue weighted by Gasteiger charge is 2.74. The molecule has 4 fully saturated rings. The van der Waals surface area contributed by atoms with E-state index in [1.807, 2.05) is 18.2 Å². The summed E-state index contributed by atoms with van der Waals surface area (Å²) < 4.78 is 35.6. The van der Waals surface area contributed by atoms with Crippen LogP contribution in [0.3, 0.4) is 0 Å². The second-order valence-corrected chi connectivity index (χ2v) is 20.5. The molecule has 0 aliphatic heterocycles. The highest BCUT2D eigenvalue weighted by Crippen LogP contribution is 2.78. The number of carbonyl (C=O) groups is 2. The number of carbonyl (C=O) groups excluding carboxylic acids is 2. The van der Waals surface area contributed by atoms with Crippen LogP contribution in [0, 0.1) is 62.9 Å². The van der Waals surface area contributed by atoms with Crippen molar-refractivity contribution in [3.8, 4) is 0 Å². The van der Waals surface area contributed by atoms with Gasteiger partial charge in [0.2, 0.25) is 0 Å². The molecule has 7 aliphatic carbocycles. The summed E-state index contributed by atoms with van der Waals surface area (Å²) in [6.07, 6.45) is 12.8. The summed E-state index contributed by atoms with van der Waals surface area (Å²) in [4.78, 5) is 31.4. The Morgan fingerprint density at radius 3 is 2.39 bits per heavy atom. The van der Waals surface area contributed by atoms with Crippen LogP contribution in [0.4, 0.5) is 13.6 Å². The fraction of sp³-hybridized carbons (Fsp3) is 0.569. The van der Waals surface area contributed by atoms with Crippen LogP contribution < -0.4 is 0 Å². The van der Waals surface area contributed by atoms with Gasteiger partial charge in [-0.05, 0) is 127 Å². The first-order chi connectivity index (χ1) is 28.0. The number of allylic oxidation sites excluding steroid dienone is 4. The molecule has 0 heterocycles. The van der Waals surface area contributed by atoms with E-state index in [2.05, 4.69) is 77.1 Å². The first-order valence-electron chi connectivity index (χ1n) is 22.3. The molecule has 2 spiro atoms. The number of hydrogen-bond donors (Lipinski definition) is 2. The first-order valence-corrected chi connectivity index (χ1v) is 22.3. The number of halogens is 2. The number of hydrogen-bond acceptors (Lipinski definition) is 5. The van der Waals surface area contributed by atoms with Crippen LogP contribution in [-0.2, 0) is 11.3 Å². The van der Waals surface area contributed by atoms with Gasteiger partial charge in [-0.1, -0.05) is 102 Å². The zero-order valence-electron chi connectivity index (χ0n) is 35.4. The molecule has 3 aromatic rings. The molecule has 8 heteroatoms. The van der Waals surface area contributed by atoms with E-state index in [0.29, 0.717) is 49.5 Å². The summed E-state index contributed by atoms with van der Waals surface area (Å²) in [5.41, 5.74) is -2.00. The standard InChI is InChI=1S/C51H61F2NO5/c1-31(2)37-15-13-32(3)25-42(37)59-46(57)54(29-35-11-8-10-33-9-6-7-12-38(33)35)30-50(58)22-19-44-48(50,5)21-18-43-47(4)20-17-36(55)27-49(47)23-24-51(43,44)39(28-49)45(56)34-14-16-40(52)41(53)26-34/h6-12,14,16,23-24,26,28,31-32,36-37,42-44,55,58H,13,15,17-22,25,27,29-30H2,1-5H3/t32-,36?,37+,42-,43+,44+,47+,48-,49-,50+,51+/m0/s1. The van der Waals surface area contributed by atoms with Gasteiger partial charge in [0.25, 0.3) is 0 Å². The Balaban J connectivity index is 1.11. The molecular formula is C51H61F2NO5. The molecule has 3 aromatic carbocycles. The summed E-state index contributed by atoms with van der Waals surface area (Å²) in [6.45, 7) is 11.5. The largest absolute Gasteiger partial charge is 0.446 e. The van der Waals surface area contributed by atoms with E-state index in [-0.39, 0.29) is 53.7 Å². The molecule has 2 bridgehead atoms. The molecule has 59 heavy (non-hydrogen) atoms. The Kier molecular flexibility index (Phi) is 9.86. The fourth-order valence-electron chi connectivity index (χ4n) is 14.0. The Morgan fingerprint density at radius 1 is 0.881 bits per heavy atom. The highest BCUT2D eigenvalue weighted by atomic mass is 19.2. The summed E-state index contributed by atoms with van der Waals surface area (Å²) >= 11 is 0. The minimum Gasteiger partial charge on any atom is -0.446 e. The zero-order valence-corrected chi connectivity index (χ0v) is 35.4. The van der Waals surface area contributed by atoms with Crippen LogP contribution in [0.2, 0.25) is 0 Å². The summed E-state index contributed by atoms with van der Waals surface area (Å²) in [7, 11) is 0. The molecule has 0 saturated heterocycles. The number of nitrogens with zero attached hydrogens (tertiary/aromatic N) is 1. The van der Waals surface area contributed by atoms with Crippen molar-refractivity contribution in [3.63, 3.8) is 0 Å². The Bertz CT molecular complexity index is 2230. The van der Waals surface area contributed by atoms with E-state index in [1.54, 1.807) is 4.90 Å². The smallest absolute Gasteiger partial charge is 0.410 e. The molecule has 6 nitrogen and oxygen atoms in total. The van der Waals surface area contributed by atoms with E-state index >= 15 is 0 Å². The maximum atomic E-state index is 14.9. The van der Waals surface area contributed by atoms with Gasteiger partial charge in [0.05, 0.1) is 18.2 Å². The second-order valence-electron chi connectivity index (χ2n) is 20.5. The number of aliphatic hydroxyl groups excluding tert-OH is 1. The maximum Gasteiger partial charge on any atom is 0.410 e. The molecule has 0 radical (unpaired) electrons. The van der Waals surface area contributed by atoms with E-state index in [4.69, 9.17) is 4.74 Å². The number of amides is 1. The lowest BCUT2D eigenvalue weighted by Crippen LogP contribution is -2.67. The molecule has 10 rings (SSSR count). The van der Waals surface area contributed by atoms with Crippen LogP contribution in [0.25, 0.3) is 10.8 Å². The molecule has 1 amide bonds. The lowest BCUT2D eigenvalue weighted by molar-refractivity contribution is -0.175. The molecule has 4 saturated carbocycles. The van der Waals surface area contributed by atoms with Crippen molar-refractivity contribution in [2.45, 2.75) is 123 Å². The third-order valence-electron chi connectivity index (χ3n) is 17.3. The zero-order chi connectivity index (χ0) is 41.7. The van der Waals surface area contributed by atoms with E-state index in [0.717, 1.165) is 60.6 Å². The van der Waals surface area contributed by atoms with Gasteiger partial charge >= 0.3 is 6.09 Å². The van der Waals surface area contributed by atoms with Crippen LogP contribution in [-0.4, -0.2) is 51.3 Å². The number of benzene rings is 3. The van der Waals surface area contributed by atoms with E-state index in [9.17, 15) is 28.6 Å². The van der Waals surface area contributed by atoms with Gasteiger partial charge < -0.3 is 19.8 Å². The number of Topliss-reactive ketones (excluding diaryl/α,β-unsaturated/α-hetero) is 1. The number of aliphatic hydroxyl groups is 2. The monoisotopic (exact) mass is 805 g/mol. The highest BCUT2D eigenvalue weighted by molar-refractivity contribution is 6.10. The molecule has 2 N–H and O–H groups in total. The number of ketones is 1. The molecule has 1 unspecified atom stereocenters. The Labute approximate surface area is 348 Å². The average molecular weight is 806 g/mol. The van der Waals surface area contributed by atoms with Crippen LogP contribution in [0.1, 0.15) is 115 Å². The molecule has 7 aliphatic rings. The number of ether oxygens (including phenoxy) is 1. The predicted octanol–water partition coefficient (Wildman–Crippen LogP) is 11.0. The number of fused-ring (bicyclic) bond motifs is 2. The van der Waals surface area contributed by atoms with E-state index in [1.165, 1.54) is 6.07 Å². The van der Waals surface area contributed by atoms with Gasteiger partial charge in [-0.3, -0.25) is 4.79 Å². The van der Waals surface area contributed by atoms with Crippen LogP contribution >= 0.6 is 0 Å². The van der Waals surface area contributed by atoms with Gasteiger partial charge in [0.1, 0.15) is 6.10 Å². The molecular weight excluding hydrogens is 745 g/mol. The van der Waals surface area contributed by atoms with Crippen molar-refractivity contribution in [3.05, 3.63) is 107 Å². The lowest BCUT2D eigenvalue weighted by atomic mass is 9.32.